The Kier molecular flexibility index (Phi) is 1.20. The fraction of sp³-hybridized carbons (Fsp3) is 0.200. The van der Waals surface area contributed by atoms with Gasteiger partial charge in [0.1, 0.15) is 5.83 Å². The number of hydrogen-bond acceptors (Lipinski definition) is 2. The number of dihydropyridines is 1. The molecule has 0 saturated heterocycles. The summed E-state index contributed by atoms with van der Waals surface area (Å²) in [6.45, 7) is 0.265. The zero-order chi connectivity index (χ0) is 5.98. The van der Waals surface area contributed by atoms with Crippen molar-refractivity contribution >= 4 is 0 Å². The van der Waals surface area contributed by atoms with Crippen molar-refractivity contribution in [1.29, 1.82) is 0 Å². The number of rotatable bonds is 0. The second-order valence-corrected chi connectivity index (χ2v) is 1.62. The molecular formula is C5H7FN2. The number of halogens is 1. The highest BCUT2D eigenvalue weighted by molar-refractivity contribution is 5.21. The lowest BCUT2D eigenvalue weighted by Gasteiger charge is -2.04. The molecule has 1 heterocycles. The predicted molar refractivity (Wildman–Crippen MR) is 29.5 cm³/mol. The SMILES string of the molecule is NC1=CNCC(F)=C1. The maximum absolute atomic E-state index is 12.1. The van der Waals surface area contributed by atoms with Crippen molar-refractivity contribution in [2.45, 2.75) is 0 Å². The number of nitrogens with two attached hydrogens (primary N) is 1. The zero-order valence-corrected chi connectivity index (χ0v) is 4.32. The minimum Gasteiger partial charge on any atom is -0.397 e. The molecule has 0 bridgehead atoms. The molecule has 3 heteroatoms. The van der Waals surface area contributed by atoms with Crippen molar-refractivity contribution in [2.75, 3.05) is 6.54 Å². The van der Waals surface area contributed by atoms with Gasteiger partial charge in [0, 0.05) is 11.9 Å². The molecule has 0 aromatic rings. The van der Waals surface area contributed by atoms with Crippen LogP contribution in [0.3, 0.4) is 0 Å². The Morgan fingerprint density at radius 1 is 1.75 bits per heavy atom. The summed E-state index contributed by atoms with van der Waals surface area (Å²) in [5.41, 5.74) is 5.65. The van der Waals surface area contributed by atoms with Crippen molar-refractivity contribution in [2.24, 2.45) is 5.73 Å². The largest absolute Gasteiger partial charge is 0.397 e. The minimum absolute atomic E-state index is 0.218. The zero-order valence-electron chi connectivity index (χ0n) is 4.32. The van der Waals surface area contributed by atoms with Crippen LogP contribution in [0.2, 0.25) is 0 Å². The minimum atomic E-state index is -0.218. The van der Waals surface area contributed by atoms with E-state index in [4.69, 9.17) is 5.73 Å². The summed E-state index contributed by atoms with van der Waals surface area (Å²) in [6.07, 6.45) is 2.87. The molecule has 0 fully saturated rings. The smallest absolute Gasteiger partial charge is 0.121 e. The Hall–Kier alpha value is -0.990. The van der Waals surface area contributed by atoms with Crippen LogP contribution >= 0.6 is 0 Å². The third-order valence-electron chi connectivity index (χ3n) is 0.863. The first-order chi connectivity index (χ1) is 3.79. The van der Waals surface area contributed by atoms with E-state index in [1.165, 1.54) is 6.08 Å². The van der Waals surface area contributed by atoms with Gasteiger partial charge in [0.25, 0.3) is 0 Å². The lowest BCUT2D eigenvalue weighted by atomic mass is 10.3. The molecule has 0 aromatic carbocycles. The van der Waals surface area contributed by atoms with Crippen LogP contribution in [0.4, 0.5) is 4.39 Å². The van der Waals surface area contributed by atoms with Crippen molar-refractivity contribution < 1.29 is 4.39 Å². The molecule has 0 aromatic heterocycles. The maximum atomic E-state index is 12.1. The third kappa shape index (κ3) is 0.992. The molecule has 0 unspecified atom stereocenters. The molecule has 0 saturated carbocycles. The van der Waals surface area contributed by atoms with Gasteiger partial charge in [-0.25, -0.2) is 4.39 Å². The summed E-state index contributed by atoms with van der Waals surface area (Å²) in [4.78, 5) is 0. The summed E-state index contributed by atoms with van der Waals surface area (Å²) in [7, 11) is 0. The Morgan fingerprint density at radius 2 is 2.50 bits per heavy atom. The average Bonchev–Trinajstić information content (AvgIpc) is 1.64. The van der Waals surface area contributed by atoms with E-state index in [0.717, 1.165) is 0 Å². The van der Waals surface area contributed by atoms with Gasteiger partial charge in [-0.2, -0.15) is 0 Å². The Morgan fingerprint density at radius 3 is 2.88 bits per heavy atom. The van der Waals surface area contributed by atoms with Crippen LogP contribution in [0.5, 0.6) is 0 Å². The second kappa shape index (κ2) is 1.86. The fourth-order valence-electron chi connectivity index (χ4n) is 0.540. The van der Waals surface area contributed by atoms with Gasteiger partial charge in [-0.3, -0.25) is 0 Å². The van der Waals surface area contributed by atoms with Crippen LogP contribution in [0.1, 0.15) is 0 Å². The molecule has 0 radical (unpaired) electrons. The van der Waals surface area contributed by atoms with Gasteiger partial charge in [0.2, 0.25) is 0 Å². The molecule has 0 aliphatic carbocycles. The van der Waals surface area contributed by atoms with Gasteiger partial charge in [0.15, 0.2) is 0 Å². The summed E-state index contributed by atoms with van der Waals surface area (Å²) in [5.74, 6) is -0.218. The van der Waals surface area contributed by atoms with E-state index in [-0.39, 0.29) is 12.4 Å². The molecule has 0 amide bonds. The van der Waals surface area contributed by atoms with Crippen molar-refractivity contribution in [3.8, 4) is 0 Å². The van der Waals surface area contributed by atoms with Crippen molar-refractivity contribution in [3.63, 3.8) is 0 Å². The highest BCUT2D eigenvalue weighted by Gasteiger charge is 1.97. The fourth-order valence-corrected chi connectivity index (χ4v) is 0.540. The highest BCUT2D eigenvalue weighted by Crippen LogP contribution is 2.01. The standard InChI is InChI=1S/C5H7FN2/c6-4-1-5(7)3-8-2-4/h1,3,8H,2,7H2. The summed E-state index contributed by atoms with van der Waals surface area (Å²) in [5, 5.41) is 2.65. The van der Waals surface area contributed by atoms with Gasteiger partial charge in [-0.05, 0) is 6.08 Å². The van der Waals surface area contributed by atoms with Gasteiger partial charge >= 0.3 is 0 Å². The predicted octanol–water partition coefficient (Wildman–Crippen LogP) is 0.243. The normalized spacial score (nSPS) is 18.6. The van der Waals surface area contributed by atoms with E-state index in [1.54, 1.807) is 6.20 Å². The first-order valence-corrected chi connectivity index (χ1v) is 2.34. The monoisotopic (exact) mass is 114 g/mol. The van der Waals surface area contributed by atoms with E-state index in [9.17, 15) is 4.39 Å². The topological polar surface area (TPSA) is 38.0 Å². The van der Waals surface area contributed by atoms with Crippen molar-refractivity contribution in [1.82, 2.24) is 5.32 Å². The number of nitrogens with one attached hydrogen (secondary N) is 1. The Labute approximate surface area is 46.9 Å². The quantitative estimate of drug-likeness (QED) is 0.473. The van der Waals surface area contributed by atoms with Crippen LogP contribution in [0.25, 0.3) is 0 Å². The van der Waals surface area contributed by atoms with Gasteiger partial charge in [-0.15, -0.1) is 0 Å². The molecule has 0 spiro atoms. The van der Waals surface area contributed by atoms with E-state index in [1.807, 2.05) is 0 Å². The van der Waals surface area contributed by atoms with Crippen LogP contribution in [0, 0.1) is 0 Å². The first kappa shape index (κ1) is 5.15. The van der Waals surface area contributed by atoms with Crippen LogP contribution in [0.15, 0.2) is 23.8 Å². The second-order valence-electron chi connectivity index (χ2n) is 1.62. The number of hydrogen-bond donors (Lipinski definition) is 2. The van der Waals surface area contributed by atoms with E-state index in [0.29, 0.717) is 5.70 Å². The highest BCUT2D eigenvalue weighted by atomic mass is 19.1. The molecule has 3 N–H and O–H groups in total. The molecule has 1 aliphatic rings. The average molecular weight is 114 g/mol. The van der Waals surface area contributed by atoms with Crippen molar-refractivity contribution in [3.05, 3.63) is 23.8 Å². The van der Waals surface area contributed by atoms with E-state index in [2.05, 4.69) is 5.32 Å². The molecule has 0 atom stereocenters. The van der Waals surface area contributed by atoms with Gasteiger partial charge in [-0.1, -0.05) is 0 Å². The lowest BCUT2D eigenvalue weighted by molar-refractivity contribution is 0.591. The van der Waals surface area contributed by atoms with E-state index >= 15 is 0 Å². The summed E-state index contributed by atoms with van der Waals surface area (Å²) >= 11 is 0. The molecule has 2 nitrogen and oxygen atoms in total. The van der Waals surface area contributed by atoms with Crippen LogP contribution < -0.4 is 11.1 Å². The maximum Gasteiger partial charge on any atom is 0.121 e. The summed E-state index contributed by atoms with van der Waals surface area (Å²) < 4.78 is 12.1. The summed E-state index contributed by atoms with van der Waals surface area (Å²) in [6, 6.07) is 0. The molecular weight excluding hydrogens is 107 g/mol. The molecule has 8 heavy (non-hydrogen) atoms. The Balaban J connectivity index is 2.69. The lowest BCUT2D eigenvalue weighted by Crippen LogP contribution is -2.15. The van der Waals surface area contributed by atoms with Gasteiger partial charge in [0.05, 0.1) is 6.54 Å². The van der Waals surface area contributed by atoms with Crippen LogP contribution in [-0.4, -0.2) is 6.54 Å². The first-order valence-electron chi connectivity index (χ1n) is 2.34. The molecule has 1 rings (SSSR count). The Bertz CT molecular complexity index is 149. The van der Waals surface area contributed by atoms with E-state index < -0.39 is 0 Å². The third-order valence-corrected chi connectivity index (χ3v) is 0.863. The molecule has 44 valence electrons. The molecule has 1 aliphatic heterocycles. The number of allylic oxidation sites excluding steroid dienone is 1. The van der Waals surface area contributed by atoms with Crippen LogP contribution in [-0.2, 0) is 0 Å². The van der Waals surface area contributed by atoms with Gasteiger partial charge < -0.3 is 11.1 Å².